The van der Waals surface area contributed by atoms with Gasteiger partial charge in [-0.1, -0.05) is 36.4 Å². The lowest BCUT2D eigenvalue weighted by molar-refractivity contribution is -0.138. The van der Waals surface area contributed by atoms with E-state index >= 15 is 0 Å². The molecule has 1 amide bonds. The fourth-order valence-corrected chi connectivity index (χ4v) is 4.28. The molecular formula is C28H22F6N2O. The standard InChI is InChI=1S/C28H22F6N2O/c29-27(30,31)21-11-7-18(8-12-21)23(19-9-13-22(14-10-19)28(32,33)34)4-2-6-26(37)36-25-5-1-3-20-17-35-16-15-24(20)25/h2,4,6-17,25H,1,3,5H2,(H,36,37)/b6-2+. The number of nitrogens with zero attached hydrogens (tertiary/aromatic N) is 1. The zero-order valence-electron chi connectivity index (χ0n) is 19.4. The fraction of sp³-hybridized carbons (Fsp3) is 0.214. The number of halogens is 6. The maximum atomic E-state index is 13.0. The summed E-state index contributed by atoms with van der Waals surface area (Å²) < 4.78 is 78.0. The van der Waals surface area contributed by atoms with Crippen LogP contribution in [-0.2, 0) is 23.6 Å². The molecule has 4 rings (SSSR count). The largest absolute Gasteiger partial charge is 0.416 e. The van der Waals surface area contributed by atoms with Gasteiger partial charge in [0.15, 0.2) is 0 Å². The number of fused-ring (bicyclic) bond motifs is 1. The van der Waals surface area contributed by atoms with Gasteiger partial charge in [-0.05, 0) is 77.4 Å². The van der Waals surface area contributed by atoms with E-state index in [1.165, 1.54) is 42.5 Å². The van der Waals surface area contributed by atoms with Gasteiger partial charge < -0.3 is 5.32 Å². The summed E-state index contributed by atoms with van der Waals surface area (Å²) in [5.41, 5.74) is 1.46. The Bertz CT molecular complexity index is 1250. The van der Waals surface area contributed by atoms with Crippen molar-refractivity contribution in [3.63, 3.8) is 0 Å². The Labute approximate surface area is 209 Å². The molecule has 0 saturated heterocycles. The SMILES string of the molecule is O=C(/C=C/C=C(c1ccc(C(F)(F)F)cc1)c1ccc(C(F)(F)F)cc1)NC1CCCc2cnccc21. The van der Waals surface area contributed by atoms with Crippen molar-refractivity contribution >= 4 is 11.5 Å². The summed E-state index contributed by atoms with van der Waals surface area (Å²) in [7, 11) is 0. The van der Waals surface area contributed by atoms with Crippen LogP contribution in [0.5, 0.6) is 0 Å². The molecule has 9 heteroatoms. The van der Waals surface area contributed by atoms with Crippen molar-refractivity contribution in [3.05, 3.63) is 119 Å². The van der Waals surface area contributed by atoms with Crippen LogP contribution in [0.1, 0.15) is 52.3 Å². The van der Waals surface area contributed by atoms with Gasteiger partial charge in [0.05, 0.1) is 17.2 Å². The van der Waals surface area contributed by atoms with Crippen molar-refractivity contribution in [1.29, 1.82) is 0 Å². The van der Waals surface area contributed by atoms with Crippen LogP contribution in [0.4, 0.5) is 26.3 Å². The molecule has 0 spiro atoms. The lowest BCUT2D eigenvalue weighted by atomic mass is 9.89. The average molecular weight is 516 g/mol. The molecular weight excluding hydrogens is 494 g/mol. The molecule has 3 nitrogen and oxygen atoms in total. The first-order chi connectivity index (χ1) is 17.5. The molecule has 1 aliphatic rings. The number of carbonyl (C=O) groups is 1. The Morgan fingerprint density at radius 2 is 1.43 bits per heavy atom. The maximum Gasteiger partial charge on any atom is 0.416 e. The third kappa shape index (κ3) is 6.47. The molecule has 0 bridgehead atoms. The predicted molar refractivity (Wildman–Crippen MR) is 127 cm³/mol. The van der Waals surface area contributed by atoms with Crippen LogP contribution >= 0.6 is 0 Å². The molecule has 1 aliphatic carbocycles. The molecule has 1 unspecified atom stereocenters. The highest BCUT2D eigenvalue weighted by molar-refractivity contribution is 5.89. The van der Waals surface area contributed by atoms with Crippen LogP contribution in [-0.4, -0.2) is 10.9 Å². The number of rotatable bonds is 5. The molecule has 1 heterocycles. The smallest absolute Gasteiger partial charge is 0.346 e. The van der Waals surface area contributed by atoms with Crippen LogP contribution in [0, 0.1) is 0 Å². The Balaban J connectivity index is 1.59. The van der Waals surface area contributed by atoms with Gasteiger partial charge in [-0.3, -0.25) is 9.78 Å². The number of allylic oxidation sites excluding steroid dienone is 2. The van der Waals surface area contributed by atoms with Crippen LogP contribution < -0.4 is 5.32 Å². The highest BCUT2D eigenvalue weighted by Crippen LogP contribution is 2.34. The van der Waals surface area contributed by atoms with Gasteiger partial charge >= 0.3 is 12.4 Å². The Morgan fingerprint density at radius 1 is 0.865 bits per heavy atom. The number of carbonyl (C=O) groups excluding carboxylic acids is 1. The summed E-state index contributed by atoms with van der Waals surface area (Å²) in [6.45, 7) is 0. The van der Waals surface area contributed by atoms with Crippen LogP contribution in [0.15, 0.2) is 85.2 Å². The number of amides is 1. The molecule has 1 aromatic heterocycles. The van der Waals surface area contributed by atoms with Gasteiger partial charge in [0, 0.05) is 18.5 Å². The van der Waals surface area contributed by atoms with Crippen molar-refractivity contribution in [1.82, 2.24) is 10.3 Å². The highest BCUT2D eigenvalue weighted by atomic mass is 19.4. The van der Waals surface area contributed by atoms with Crippen molar-refractivity contribution in [2.24, 2.45) is 0 Å². The first kappa shape index (κ1) is 26.2. The first-order valence-corrected chi connectivity index (χ1v) is 11.5. The highest BCUT2D eigenvalue weighted by Gasteiger charge is 2.31. The monoisotopic (exact) mass is 516 g/mol. The van der Waals surface area contributed by atoms with Crippen molar-refractivity contribution in [3.8, 4) is 0 Å². The Morgan fingerprint density at radius 3 is 1.97 bits per heavy atom. The van der Waals surface area contributed by atoms with E-state index in [1.54, 1.807) is 12.4 Å². The summed E-state index contributed by atoms with van der Waals surface area (Å²) in [6.07, 6.45) is 1.16. The number of hydrogen-bond donors (Lipinski definition) is 1. The second-order valence-corrected chi connectivity index (χ2v) is 8.62. The normalized spacial score (nSPS) is 15.8. The van der Waals surface area contributed by atoms with E-state index in [0.717, 1.165) is 54.7 Å². The topological polar surface area (TPSA) is 42.0 Å². The number of alkyl halides is 6. The van der Waals surface area contributed by atoms with Gasteiger partial charge in [0.25, 0.3) is 0 Å². The third-order valence-electron chi connectivity index (χ3n) is 6.13. The number of benzene rings is 2. The van der Waals surface area contributed by atoms with Gasteiger partial charge in [-0.25, -0.2) is 0 Å². The molecule has 1 N–H and O–H groups in total. The van der Waals surface area contributed by atoms with Gasteiger partial charge in [0.2, 0.25) is 5.91 Å². The van der Waals surface area contributed by atoms with Crippen LogP contribution in [0.25, 0.3) is 5.57 Å². The minimum absolute atomic E-state index is 0.169. The van der Waals surface area contributed by atoms with E-state index in [9.17, 15) is 31.1 Å². The molecule has 0 fully saturated rings. The molecule has 0 radical (unpaired) electrons. The summed E-state index contributed by atoms with van der Waals surface area (Å²) >= 11 is 0. The summed E-state index contributed by atoms with van der Waals surface area (Å²) in [5, 5.41) is 2.94. The zero-order chi connectivity index (χ0) is 26.6. The summed E-state index contributed by atoms with van der Waals surface area (Å²) in [4.78, 5) is 16.7. The molecule has 1 atom stereocenters. The maximum absolute atomic E-state index is 13.0. The van der Waals surface area contributed by atoms with Crippen molar-refractivity contribution in [2.45, 2.75) is 37.7 Å². The first-order valence-electron chi connectivity index (χ1n) is 11.5. The minimum Gasteiger partial charge on any atom is -0.346 e. The molecule has 192 valence electrons. The number of pyridine rings is 1. The van der Waals surface area contributed by atoms with E-state index in [0.29, 0.717) is 16.7 Å². The molecule has 2 aromatic carbocycles. The molecule has 3 aromatic rings. The van der Waals surface area contributed by atoms with Crippen LogP contribution in [0.2, 0.25) is 0 Å². The predicted octanol–water partition coefficient (Wildman–Crippen LogP) is 7.30. The summed E-state index contributed by atoms with van der Waals surface area (Å²) in [6, 6.07) is 10.3. The number of nitrogens with one attached hydrogen (secondary N) is 1. The van der Waals surface area contributed by atoms with Crippen LogP contribution in [0.3, 0.4) is 0 Å². The number of hydrogen-bond acceptors (Lipinski definition) is 2. The second-order valence-electron chi connectivity index (χ2n) is 8.62. The van der Waals surface area contributed by atoms with E-state index in [1.807, 2.05) is 6.07 Å². The average Bonchev–Trinajstić information content (AvgIpc) is 2.86. The Hall–Kier alpha value is -3.88. The quantitative estimate of drug-likeness (QED) is 0.220. The van der Waals surface area contributed by atoms with E-state index in [-0.39, 0.29) is 11.9 Å². The van der Waals surface area contributed by atoms with Gasteiger partial charge in [-0.2, -0.15) is 26.3 Å². The molecule has 0 saturated carbocycles. The van der Waals surface area contributed by atoms with Gasteiger partial charge in [-0.15, -0.1) is 0 Å². The van der Waals surface area contributed by atoms with E-state index in [4.69, 9.17) is 0 Å². The van der Waals surface area contributed by atoms with Crippen molar-refractivity contribution < 1.29 is 31.1 Å². The minimum atomic E-state index is -4.53. The lowest BCUT2D eigenvalue weighted by Crippen LogP contribution is -2.29. The van der Waals surface area contributed by atoms with Crippen molar-refractivity contribution in [2.75, 3.05) is 0 Å². The van der Waals surface area contributed by atoms with E-state index < -0.39 is 23.5 Å². The fourth-order valence-electron chi connectivity index (χ4n) is 4.28. The number of aryl methyl sites for hydroxylation is 1. The third-order valence-corrected chi connectivity index (χ3v) is 6.13. The lowest BCUT2D eigenvalue weighted by Gasteiger charge is -2.25. The zero-order valence-corrected chi connectivity index (χ0v) is 19.4. The molecule has 0 aliphatic heterocycles. The summed E-state index contributed by atoms with van der Waals surface area (Å²) in [5.74, 6) is -0.370. The van der Waals surface area contributed by atoms with E-state index in [2.05, 4.69) is 10.3 Å². The number of aromatic nitrogens is 1. The molecule has 37 heavy (non-hydrogen) atoms. The second kappa shape index (κ2) is 10.6. The Kier molecular flexibility index (Phi) is 7.52. The van der Waals surface area contributed by atoms with Gasteiger partial charge in [0.1, 0.15) is 0 Å².